The number of aryl methyl sites for hydroxylation is 3. The minimum Gasteiger partial charge on any atom is -0.873 e. The summed E-state index contributed by atoms with van der Waals surface area (Å²) in [6.45, 7) is 44.0. The smallest absolute Gasteiger partial charge is 0.0314 e. The van der Waals surface area contributed by atoms with Crippen molar-refractivity contribution in [2.75, 3.05) is 4.90 Å². The first kappa shape index (κ1) is 72.0. The Hall–Kier alpha value is -7.73. The van der Waals surface area contributed by atoms with E-state index in [0.29, 0.717) is 67.9 Å². The molecule has 0 radical (unpaired) electrons. The van der Waals surface area contributed by atoms with Crippen molar-refractivity contribution in [3.8, 4) is 17.2 Å². The third kappa shape index (κ3) is 19.9. The summed E-state index contributed by atoms with van der Waals surface area (Å²) in [5.41, 5.74) is 10.6. The molecule has 0 aliphatic rings. The second kappa shape index (κ2) is 29.7. The van der Waals surface area contributed by atoms with Crippen LogP contribution in [-0.2, 0) is 53.6 Å². The van der Waals surface area contributed by atoms with Crippen molar-refractivity contribution in [3.05, 3.63) is 266 Å². The van der Waals surface area contributed by atoms with Gasteiger partial charge >= 0.3 is 0 Å². The summed E-state index contributed by atoms with van der Waals surface area (Å²) < 4.78 is 0. The van der Waals surface area contributed by atoms with Gasteiger partial charge in [0.15, 0.2) is 0 Å². The minimum atomic E-state index is -0.435. The molecular weight excluding hydrogens is 1170 g/mol. The molecule has 9 rings (SSSR count). The molecule has 0 unspecified atom stereocenters. The molecule has 0 bridgehead atoms. The Kier molecular flexibility index (Phi) is 24.0. The molecule has 0 amide bonds. The van der Waals surface area contributed by atoms with Crippen LogP contribution in [-0.4, -0.2) is 0 Å². The van der Waals surface area contributed by atoms with E-state index in [2.05, 4.69) is 130 Å². The Morgan fingerprint density at radius 1 is 0.258 bits per heavy atom. The van der Waals surface area contributed by atoms with Gasteiger partial charge in [-0.05, 0) is 88.2 Å². The molecule has 0 aliphatic carbocycles. The monoisotopic (exact) mass is 1270 g/mol. The van der Waals surface area contributed by atoms with Crippen LogP contribution in [0, 0.1) is 20.8 Å². The summed E-state index contributed by atoms with van der Waals surface area (Å²) in [6, 6.07) is 66.1. The largest absolute Gasteiger partial charge is 0.873 e. The van der Waals surface area contributed by atoms with Gasteiger partial charge in [-0.15, -0.1) is 51.4 Å². The third-order valence-electron chi connectivity index (χ3n) is 15.1. The van der Waals surface area contributed by atoms with Gasteiger partial charge in [0.1, 0.15) is 0 Å². The number of rotatable bonds is 9. The summed E-state index contributed by atoms with van der Waals surface area (Å²) >= 11 is 0. The van der Waals surface area contributed by atoms with Gasteiger partial charge in [-0.1, -0.05) is 340 Å². The second-order valence-electron chi connectivity index (χ2n) is 29.2. The standard InChI is InChI=1S/C63H81N4O3.3C6H6.Mo/c1-37-22-25-52(46(28-37)64-49-34-40(58(4,5)6)31-43(55(49)68)61(13,14)15)67(53-26-23-38(2)29-47(53)65-50-35-41(59(7,8)9)32-44(56(50)69)62(16,17)18)54-27-24-39(3)30-48(54)66-51-36-42(60(10,11)12)33-45(57(51)70)63(19,20)21;3*1-2-4-6-5-3-1;/h22-36,68-70H,1-21H3;3*1-6H;/q-3;;;;/p-3. The first-order valence-corrected chi connectivity index (χ1v) is 30.8. The van der Waals surface area contributed by atoms with Gasteiger partial charge in [0, 0.05) is 38.1 Å². The quantitative estimate of drug-likeness (QED) is 0.134. The van der Waals surface area contributed by atoms with Crippen molar-refractivity contribution in [1.82, 2.24) is 0 Å². The summed E-state index contributed by atoms with van der Waals surface area (Å²) in [7, 11) is 0. The minimum absolute atomic E-state index is 0. The van der Waals surface area contributed by atoms with Crippen LogP contribution in [0.2, 0.25) is 0 Å². The zero-order valence-electron chi connectivity index (χ0n) is 57.0. The van der Waals surface area contributed by atoms with E-state index in [1.807, 2.05) is 221 Å². The zero-order valence-corrected chi connectivity index (χ0v) is 59.0. The molecule has 9 aromatic carbocycles. The van der Waals surface area contributed by atoms with Crippen LogP contribution in [0.15, 0.2) is 200 Å². The SMILES string of the molecule is Cc1ccc(N(c2ccc(C)cc2[N-]c2cc(C(C)(C)C)cc(C(C)(C)C)c2[O-])c2ccc(C)cc2[N-]c2cc(C(C)(C)C)cc(C(C)(C)C)c2[O-])c([N-]c2cc(C(C)(C)C)cc(C(C)(C)C)c2[O-])c1.[Mo].c1ccccc1.c1ccccc1.c1ccccc1. The number of hydrogen-bond donors (Lipinski definition) is 0. The fraction of sp³-hybridized carbons (Fsp3) is 0.333. The van der Waals surface area contributed by atoms with E-state index in [0.717, 1.165) is 33.4 Å². The van der Waals surface area contributed by atoms with Gasteiger partial charge in [-0.2, -0.15) is 0 Å². The second-order valence-corrected chi connectivity index (χ2v) is 29.2. The number of anilines is 3. The predicted octanol–water partition coefficient (Wildman–Crippen LogP) is 23.2. The molecule has 8 heteroatoms. The predicted molar refractivity (Wildman–Crippen MR) is 373 cm³/mol. The van der Waals surface area contributed by atoms with Crippen LogP contribution in [0.5, 0.6) is 17.2 Å². The Bertz CT molecular complexity index is 3250. The van der Waals surface area contributed by atoms with Crippen molar-refractivity contribution >= 4 is 51.2 Å². The molecule has 89 heavy (non-hydrogen) atoms. The van der Waals surface area contributed by atoms with Gasteiger partial charge in [0.25, 0.3) is 0 Å². The van der Waals surface area contributed by atoms with Gasteiger partial charge in [0.05, 0.1) is 0 Å². The van der Waals surface area contributed by atoms with Crippen molar-refractivity contribution < 1.29 is 36.4 Å². The molecule has 7 nitrogen and oxygen atoms in total. The van der Waals surface area contributed by atoms with Crippen LogP contribution in [0.3, 0.4) is 0 Å². The molecule has 0 aromatic heterocycles. The van der Waals surface area contributed by atoms with E-state index in [9.17, 15) is 15.3 Å². The first-order valence-electron chi connectivity index (χ1n) is 30.8. The fourth-order valence-corrected chi connectivity index (χ4v) is 9.73. The summed E-state index contributed by atoms with van der Waals surface area (Å²) in [5, 5.41) is 60.0. The van der Waals surface area contributed by atoms with E-state index >= 15 is 0 Å². The molecule has 0 fully saturated rings. The van der Waals surface area contributed by atoms with Crippen LogP contribution in [0.1, 0.15) is 175 Å². The molecule has 0 spiro atoms. The van der Waals surface area contributed by atoms with E-state index in [4.69, 9.17) is 16.0 Å². The van der Waals surface area contributed by atoms with Crippen LogP contribution in [0.25, 0.3) is 16.0 Å². The number of hydrogen-bond acceptors (Lipinski definition) is 4. The molecular formula is C81H96MoN4O3-6. The van der Waals surface area contributed by atoms with Crippen LogP contribution >= 0.6 is 0 Å². The zero-order chi connectivity index (χ0) is 65.2. The normalized spacial score (nSPS) is 11.7. The van der Waals surface area contributed by atoms with Crippen molar-refractivity contribution in [3.63, 3.8) is 0 Å². The van der Waals surface area contributed by atoms with Gasteiger partial charge in [-0.25, -0.2) is 0 Å². The Balaban J connectivity index is 0.000000645. The summed E-state index contributed by atoms with van der Waals surface area (Å²) in [5.74, 6) is -0.363. The molecule has 0 N–H and O–H groups in total. The van der Waals surface area contributed by atoms with E-state index in [-0.39, 0.29) is 54.6 Å². The number of nitrogens with zero attached hydrogens (tertiary/aromatic N) is 4. The summed E-state index contributed by atoms with van der Waals surface area (Å²) in [4.78, 5) is 2.09. The third-order valence-corrected chi connectivity index (χ3v) is 15.1. The molecule has 0 heterocycles. The van der Waals surface area contributed by atoms with Crippen molar-refractivity contribution in [2.24, 2.45) is 0 Å². The Morgan fingerprint density at radius 2 is 0.449 bits per heavy atom. The molecule has 0 saturated carbocycles. The van der Waals surface area contributed by atoms with E-state index in [1.54, 1.807) is 0 Å². The molecule has 470 valence electrons. The summed E-state index contributed by atoms with van der Waals surface area (Å²) in [6.07, 6.45) is 0. The van der Waals surface area contributed by atoms with E-state index < -0.39 is 16.2 Å². The Labute approximate surface area is 550 Å². The maximum absolute atomic E-state index is 14.7. The van der Waals surface area contributed by atoms with E-state index in [1.165, 1.54) is 0 Å². The average Bonchev–Trinajstić information content (AvgIpc) is 0.818. The molecule has 9 aromatic rings. The first-order chi connectivity index (χ1) is 40.9. The molecule has 0 saturated heterocycles. The average molecular weight is 1270 g/mol. The van der Waals surface area contributed by atoms with Crippen LogP contribution < -0.4 is 20.2 Å². The molecule has 0 aliphatic heterocycles. The van der Waals surface area contributed by atoms with Crippen LogP contribution in [0.4, 0.5) is 51.2 Å². The Morgan fingerprint density at radius 3 is 0.618 bits per heavy atom. The van der Waals surface area contributed by atoms with Crippen molar-refractivity contribution in [1.29, 1.82) is 0 Å². The molecule has 0 atom stereocenters. The van der Waals surface area contributed by atoms with Gasteiger partial charge in [-0.3, -0.25) is 0 Å². The topological polar surface area (TPSA) is 115 Å². The van der Waals surface area contributed by atoms with Crippen molar-refractivity contribution in [2.45, 2.75) is 178 Å². The maximum atomic E-state index is 14.7. The van der Waals surface area contributed by atoms with Gasteiger partial charge in [0.2, 0.25) is 0 Å². The fourth-order valence-electron chi connectivity index (χ4n) is 9.73. The maximum Gasteiger partial charge on any atom is 0.0314 e. The van der Waals surface area contributed by atoms with Gasteiger partial charge < -0.3 is 36.2 Å². The number of benzene rings is 9.